The predicted octanol–water partition coefficient (Wildman–Crippen LogP) is 8.54. The number of alkyl halides is 3. The summed E-state index contributed by atoms with van der Waals surface area (Å²) in [5.41, 5.74) is 1.10. The quantitative estimate of drug-likeness (QED) is 0.203. The Kier molecular flexibility index (Phi) is 9.68. The van der Waals surface area contributed by atoms with Gasteiger partial charge in [0.25, 0.3) is 0 Å². The van der Waals surface area contributed by atoms with Crippen molar-refractivity contribution in [3.63, 3.8) is 0 Å². The Morgan fingerprint density at radius 3 is 2.30 bits per heavy atom. The number of anilines is 1. The maximum absolute atomic E-state index is 14.5. The second kappa shape index (κ2) is 13.3. The normalized spacial score (nSPS) is 25.9. The summed E-state index contributed by atoms with van der Waals surface area (Å²) in [6, 6.07) is 15.9. The van der Waals surface area contributed by atoms with Crippen molar-refractivity contribution in [2.45, 2.75) is 95.2 Å². The molecule has 0 radical (unpaired) electrons. The minimum Gasteiger partial charge on any atom is -0.462 e. The zero-order valence-corrected chi connectivity index (χ0v) is 24.9. The topological polar surface area (TPSA) is 53.3 Å². The molecule has 3 atom stereocenters. The standard InChI is InChI=1S/C35H42F4N2O2/c1-24(42)43-33-10-4-9-32(33)34(23-40,29-7-3-8-30(36)19-29)28-15-11-25(12-16-28)5-2-6-27-21-41(22-27)31-17-13-26(14-18-31)20-35(37,38)39/h3,7-8,13-14,17-19,25,27-28,32-33H,2,4-6,9-12,15-16,20-22H2,1H3/t25?,28?,32-,33-,34?/m0/s1. The van der Waals surface area contributed by atoms with Crippen LogP contribution in [0, 0.1) is 40.8 Å². The summed E-state index contributed by atoms with van der Waals surface area (Å²) in [5, 5.41) is 10.8. The minimum atomic E-state index is -4.19. The Morgan fingerprint density at radius 2 is 1.67 bits per heavy atom. The third kappa shape index (κ3) is 7.36. The number of hydrogen-bond donors (Lipinski definition) is 0. The van der Waals surface area contributed by atoms with Crippen molar-refractivity contribution in [2.75, 3.05) is 18.0 Å². The maximum Gasteiger partial charge on any atom is 0.393 e. The highest BCUT2D eigenvalue weighted by Crippen LogP contribution is 2.53. The van der Waals surface area contributed by atoms with Crippen LogP contribution in [-0.2, 0) is 21.4 Å². The van der Waals surface area contributed by atoms with Crippen LogP contribution < -0.4 is 4.90 Å². The average molecular weight is 599 g/mol. The lowest BCUT2D eigenvalue weighted by Gasteiger charge is -2.45. The molecule has 2 aromatic carbocycles. The van der Waals surface area contributed by atoms with Crippen LogP contribution in [0.1, 0.15) is 82.3 Å². The molecule has 2 saturated carbocycles. The van der Waals surface area contributed by atoms with Gasteiger partial charge < -0.3 is 9.64 Å². The first-order chi connectivity index (χ1) is 20.6. The van der Waals surface area contributed by atoms with E-state index in [2.05, 4.69) is 11.0 Å². The van der Waals surface area contributed by atoms with Crippen molar-refractivity contribution in [1.82, 2.24) is 0 Å². The zero-order chi connectivity index (χ0) is 30.6. The Labute approximate surface area is 252 Å². The summed E-state index contributed by atoms with van der Waals surface area (Å²) in [6.45, 7) is 3.29. The predicted molar refractivity (Wildman–Crippen MR) is 158 cm³/mol. The van der Waals surface area contributed by atoms with E-state index in [-0.39, 0.29) is 29.7 Å². The van der Waals surface area contributed by atoms with E-state index < -0.39 is 18.0 Å². The van der Waals surface area contributed by atoms with Crippen LogP contribution in [0.25, 0.3) is 0 Å². The highest BCUT2D eigenvalue weighted by atomic mass is 19.4. The summed E-state index contributed by atoms with van der Waals surface area (Å²) in [4.78, 5) is 14.1. The Bertz CT molecular complexity index is 1280. The molecule has 1 unspecified atom stereocenters. The lowest BCUT2D eigenvalue weighted by atomic mass is 9.57. The Morgan fingerprint density at radius 1 is 0.977 bits per heavy atom. The van der Waals surface area contributed by atoms with E-state index in [0.717, 1.165) is 83.0 Å². The van der Waals surface area contributed by atoms with Gasteiger partial charge in [0, 0.05) is 31.6 Å². The SMILES string of the molecule is CC(=O)O[C@H]1CCC[C@@H]1C(C#N)(c1cccc(F)c1)C1CCC(CCCC2CN(c3ccc(CC(F)(F)F)cc3)C2)CC1. The Hall–Kier alpha value is -3.08. The van der Waals surface area contributed by atoms with Gasteiger partial charge in [-0.25, -0.2) is 4.39 Å². The molecule has 0 aromatic heterocycles. The number of nitriles is 1. The van der Waals surface area contributed by atoms with Gasteiger partial charge in [0.1, 0.15) is 11.9 Å². The fourth-order valence-electron chi connectivity index (χ4n) is 8.16. The number of carbonyl (C=O) groups is 1. The first kappa shape index (κ1) is 31.3. The molecule has 0 amide bonds. The largest absolute Gasteiger partial charge is 0.462 e. The number of nitrogens with zero attached hydrogens (tertiary/aromatic N) is 2. The minimum absolute atomic E-state index is 0.0828. The van der Waals surface area contributed by atoms with Gasteiger partial charge in [0.2, 0.25) is 0 Å². The molecule has 232 valence electrons. The molecular weight excluding hydrogens is 556 g/mol. The molecule has 1 saturated heterocycles. The van der Waals surface area contributed by atoms with Crippen molar-refractivity contribution in [2.24, 2.45) is 23.7 Å². The van der Waals surface area contributed by atoms with E-state index in [9.17, 15) is 27.6 Å². The molecule has 5 rings (SSSR count). The number of esters is 1. The third-order valence-corrected chi connectivity index (χ3v) is 10.2. The second-order valence-corrected chi connectivity index (χ2v) is 13.1. The van der Waals surface area contributed by atoms with Crippen LogP contribution in [0.15, 0.2) is 48.5 Å². The van der Waals surface area contributed by atoms with Gasteiger partial charge >= 0.3 is 12.1 Å². The summed E-state index contributed by atoms with van der Waals surface area (Å²) in [7, 11) is 0. The lowest BCUT2D eigenvalue weighted by molar-refractivity contribution is -0.149. The molecule has 2 aliphatic carbocycles. The molecule has 43 heavy (non-hydrogen) atoms. The smallest absolute Gasteiger partial charge is 0.393 e. The van der Waals surface area contributed by atoms with Gasteiger partial charge in [-0.3, -0.25) is 4.79 Å². The van der Waals surface area contributed by atoms with Crippen LogP contribution in [0.4, 0.5) is 23.2 Å². The van der Waals surface area contributed by atoms with Gasteiger partial charge in [0.15, 0.2) is 0 Å². The zero-order valence-electron chi connectivity index (χ0n) is 24.9. The van der Waals surface area contributed by atoms with Gasteiger partial charge in [-0.15, -0.1) is 0 Å². The van der Waals surface area contributed by atoms with Gasteiger partial charge in [0.05, 0.1) is 17.9 Å². The fourth-order valence-corrected chi connectivity index (χ4v) is 8.16. The monoisotopic (exact) mass is 598 g/mol. The van der Waals surface area contributed by atoms with E-state index in [1.165, 1.54) is 19.1 Å². The molecular formula is C35H42F4N2O2. The van der Waals surface area contributed by atoms with Crippen LogP contribution in [0.3, 0.4) is 0 Å². The molecule has 4 nitrogen and oxygen atoms in total. The number of halogens is 4. The molecule has 8 heteroatoms. The van der Waals surface area contributed by atoms with E-state index >= 15 is 0 Å². The van der Waals surface area contributed by atoms with Crippen LogP contribution >= 0.6 is 0 Å². The Balaban J connectivity index is 1.13. The number of rotatable bonds is 10. The molecule has 0 spiro atoms. The van der Waals surface area contributed by atoms with Crippen molar-refractivity contribution >= 4 is 11.7 Å². The molecule has 0 bridgehead atoms. The first-order valence-corrected chi connectivity index (χ1v) is 15.8. The van der Waals surface area contributed by atoms with Crippen molar-refractivity contribution in [3.8, 4) is 6.07 Å². The second-order valence-electron chi connectivity index (χ2n) is 13.1. The van der Waals surface area contributed by atoms with Crippen LogP contribution in [0.2, 0.25) is 0 Å². The van der Waals surface area contributed by atoms with E-state index in [4.69, 9.17) is 4.74 Å². The van der Waals surface area contributed by atoms with E-state index in [1.807, 2.05) is 6.07 Å². The van der Waals surface area contributed by atoms with Gasteiger partial charge in [-0.1, -0.05) is 49.9 Å². The summed E-state index contributed by atoms with van der Waals surface area (Å²) >= 11 is 0. The molecule has 0 N–H and O–H groups in total. The number of hydrogen-bond acceptors (Lipinski definition) is 4. The molecule has 2 aromatic rings. The number of ether oxygens (including phenoxy) is 1. The van der Waals surface area contributed by atoms with Gasteiger partial charge in [-0.2, -0.15) is 18.4 Å². The van der Waals surface area contributed by atoms with Crippen LogP contribution in [-0.4, -0.2) is 31.3 Å². The molecule has 1 heterocycles. The lowest BCUT2D eigenvalue weighted by Crippen LogP contribution is -2.47. The summed E-state index contributed by atoms with van der Waals surface area (Å²) in [6.07, 6.45) is 4.32. The number of benzene rings is 2. The van der Waals surface area contributed by atoms with Crippen molar-refractivity contribution < 1.29 is 27.1 Å². The highest BCUT2D eigenvalue weighted by Gasteiger charge is 2.53. The summed E-state index contributed by atoms with van der Waals surface area (Å²) < 4.78 is 58.0. The maximum atomic E-state index is 14.5. The number of carbonyl (C=O) groups excluding carboxylic acids is 1. The van der Waals surface area contributed by atoms with Crippen molar-refractivity contribution in [1.29, 1.82) is 5.26 Å². The first-order valence-electron chi connectivity index (χ1n) is 15.8. The van der Waals surface area contributed by atoms with E-state index in [0.29, 0.717) is 23.0 Å². The van der Waals surface area contributed by atoms with Gasteiger partial charge in [-0.05, 0) is 91.7 Å². The summed E-state index contributed by atoms with van der Waals surface area (Å²) in [5.74, 6) is 0.462. The van der Waals surface area contributed by atoms with Crippen molar-refractivity contribution in [3.05, 3.63) is 65.5 Å². The fraction of sp³-hybridized carbons (Fsp3) is 0.600. The molecule has 3 fully saturated rings. The van der Waals surface area contributed by atoms with Crippen LogP contribution in [0.5, 0.6) is 0 Å². The molecule has 3 aliphatic rings. The third-order valence-electron chi connectivity index (χ3n) is 10.2. The average Bonchev–Trinajstić information content (AvgIpc) is 3.39. The van der Waals surface area contributed by atoms with E-state index in [1.54, 1.807) is 30.3 Å². The highest BCUT2D eigenvalue weighted by molar-refractivity contribution is 5.66. The molecule has 1 aliphatic heterocycles.